The predicted octanol–water partition coefficient (Wildman–Crippen LogP) is 1.83. The topological polar surface area (TPSA) is 90.0 Å². The van der Waals surface area contributed by atoms with Gasteiger partial charge in [-0.2, -0.15) is 16.9 Å². The smallest absolute Gasteiger partial charge is 0.246 e. The lowest BCUT2D eigenvalue weighted by Gasteiger charge is -2.19. The van der Waals surface area contributed by atoms with Gasteiger partial charge in [-0.15, -0.1) is 0 Å². The van der Waals surface area contributed by atoms with Gasteiger partial charge in [0.1, 0.15) is 4.90 Å². The lowest BCUT2D eigenvalue weighted by molar-refractivity contribution is 0.554. The fraction of sp³-hybridized carbons (Fsp3) is 0.769. The lowest BCUT2D eigenvalue weighted by Crippen LogP contribution is -2.38. The minimum absolute atomic E-state index is 0.00567. The number of aromatic nitrogens is 2. The maximum atomic E-state index is 12.5. The number of anilines is 1. The molecule has 2 atom stereocenters. The Balaban J connectivity index is 2.14. The number of nitrogens with two attached hydrogens (primary N) is 1. The number of nitrogens with zero attached hydrogens (tertiary/aromatic N) is 2. The highest BCUT2D eigenvalue weighted by atomic mass is 32.2. The van der Waals surface area contributed by atoms with Crippen LogP contribution in [0.25, 0.3) is 0 Å². The average Bonchev–Trinajstić information content (AvgIpc) is 2.98. The molecule has 0 aromatic carbocycles. The summed E-state index contributed by atoms with van der Waals surface area (Å²) < 4.78 is 29.5. The number of hydrogen-bond donors (Lipinski definition) is 2. The standard InChI is InChI=1S/C13H24N4O2S2/c1-3-8-17-9-12(13(14)15-17)21(18,19)16-10-6-5-7-11(10)20-4-2/h9-11,16H,3-8H2,1-2H3,(H2,14,15). The van der Waals surface area contributed by atoms with Crippen molar-refractivity contribution in [3.63, 3.8) is 0 Å². The van der Waals surface area contributed by atoms with Gasteiger partial charge in [0, 0.05) is 24.0 Å². The van der Waals surface area contributed by atoms with Gasteiger partial charge in [0.15, 0.2) is 5.82 Å². The molecule has 2 rings (SSSR count). The Bertz CT molecular complexity index is 571. The molecule has 8 heteroatoms. The number of nitrogen functional groups attached to an aromatic ring is 1. The summed E-state index contributed by atoms with van der Waals surface area (Å²) in [5, 5.41) is 4.42. The van der Waals surface area contributed by atoms with Crippen molar-refractivity contribution in [3.8, 4) is 0 Å². The molecule has 1 saturated carbocycles. The van der Waals surface area contributed by atoms with Gasteiger partial charge < -0.3 is 5.73 Å². The summed E-state index contributed by atoms with van der Waals surface area (Å²) in [5.74, 6) is 1.08. The van der Waals surface area contributed by atoms with E-state index in [9.17, 15) is 8.42 Å². The van der Waals surface area contributed by atoms with E-state index in [0.29, 0.717) is 11.8 Å². The van der Waals surface area contributed by atoms with Crippen LogP contribution in [0.4, 0.5) is 5.82 Å². The fourth-order valence-corrected chi connectivity index (χ4v) is 5.37. The molecule has 0 amide bonds. The summed E-state index contributed by atoms with van der Waals surface area (Å²) in [7, 11) is -3.59. The minimum atomic E-state index is -3.59. The Morgan fingerprint density at radius 2 is 2.24 bits per heavy atom. The second-order valence-corrected chi connectivity index (χ2v) is 8.49. The van der Waals surface area contributed by atoms with Crippen LogP contribution < -0.4 is 10.5 Å². The normalized spacial score (nSPS) is 22.8. The zero-order valence-electron chi connectivity index (χ0n) is 12.6. The maximum absolute atomic E-state index is 12.5. The number of thioether (sulfide) groups is 1. The van der Waals surface area contributed by atoms with Crippen molar-refractivity contribution in [2.45, 2.75) is 62.3 Å². The van der Waals surface area contributed by atoms with Crippen molar-refractivity contribution in [2.75, 3.05) is 11.5 Å². The molecule has 0 spiro atoms. The van der Waals surface area contributed by atoms with Crippen molar-refractivity contribution in [3.05, 3.63) is 6.20 Å². The van der Waals surface area contributed by atoms with Crippen LogP contribution in [0.1, 0.15) is 39.5 Å². The summed E-state index contributed by atoms with van der Waals surface area (Å²) in [4.78, 5) is 0.100. The zero-order chi connectivity index (χ0) is 15.5. The Labute approximate surface area is 130 Å². The van der Waals surface area contributed by atoms with Crippen LogP contribution >= 0.6 is 11.8 Å². The van der Waals surface area contributed by atoms with E-state index in [-0.39, 0.29) is 16.8 Å². The van der Waals surface area contributed by atoms with Gasteiger partial charge in [-0.05, 0) is 25.0 Å². The third-order valence-corrected chi connectivity index (χ3v) is 6.47. The monoisotopic (exact) mass is 332 g/mol. The van der Waals surface area contributed by atoms with Crippen molar-refractivity contribution in [2.24, 2.45) is 0 Å². The molecule has 21 heavy (non-hydrogen) atoms. The third kappa shape index (κ3) is 3.92. The highest BCUT2D eigenvalue weighted by Gasteiger charge is 2.32. The Morgan fingerprint density at radius 1 is 1.48 bits per heavy atom. The van der Waals surface area contributed by atoms with Crippen LogP contribution in [0.3, 0.4) is 0 Å². The van der Waals surface area contributed by atoms with E-state index in [4.69, 9.17) is 5.73 Å². The summed E-state index contributed by atoms with van der Waals surface area (Å²) >= 11 is 1.82. The summed E-state index contributed by atoms with van der Waals surface area (Å²) in [5.41, 5.74) is 5.77. The van der Waals surface area contributed by atoms with Crippen LogP contribution in [-0.4, -0.2) is 35.2 Å². The van der Waals surface area contributed by atoms with Gasteiger partial charge >= 0.3 is 0 Å². The molecule has 1 aromatic heterocycles. The second kappa shape index (κ2) is 7.02. The summed E-state index contributed by atoms with van der Waals surface area (Å²) in [6.07, 6.45) is 5.43. The molecule has 1 aliphatic rings. The van der Waals surface area contributed by atoms with E-state index in [0.717, 1.165) is 31.4 Å². The first-order valence-electron chi connectivity index (χ1n) is 7.44. The SMILES string of the molecule is CCCn1cc(S(=O)(=O)NC2CCCC2SCC)c(N)n1. The third-order valence-electron chi connectivity index (χ3n) is 3.64. The quantitative estimate of drug-likeness (QED) is 0.795. The molecule has 0 saturated heterocycles. The largest absolute Gasteiger partial charge is 0.381 e. The van der Waals surface area contributed by atoms with Gasteiger partial charge in [-0.1, -0.05) is 20.3 Å². The van der Waals surface area contributed by atoms with Crippen LogP contribution in [0.5, 0.6) is 0 Å². The Morgan fingerprint density at radius 3 is 2.90 bits per heavy atom. The van der Waals surface area contributed by atoms with Crippen molar-refractivity contribution < 1.29 is 8.42 Å². The van der Waals surface area contributed by atoms with E-state index in [2.05, 4.69) is 16.7 Å². The highest BCUT2D eigenvalue weighted by Crippen LogP contribution is 2.31. The second-order valence-electron chi connectivity index (χ2n) is 5.29. The average molecular weight is 332 g/mol. The van der Waals surface area contributed by atoms with Gasteiger partial charge in [0.25, 0.3) is 0 Å². The fourth-order valence-electron chi connectivity index (χ4n) is 2.71. The highest BCUT2D eigenvalue weighted by molar-refractivity contribution is 8.00. The Hall–Kier alpha value is -0.730. The first-order valence-corrected chi connectivity index (χ1v) is 9.98. The van der Waals surface area contributed by atoms with Crippen molar-refractivity contribution >= 4 is 27.6 Å². The van der Waals surface area contributed by atoms with Gasteiger partial charge in [0.05, 0.1) is 0 Å². The molecule has 2 unspecified atom stereocenters. The summed E-state index contributed by atoms with van der Waals surface area (Å²) in [6.45, 7) is 4.77. The lowest BCUT2D eigenvalue weighted by atomic mass is 10.3. The van der Waals surface area contributed by atoms with Gasteiger partial charge in [-0.25, -0.2) is 13.1 Å². The number of sulfonamides is 1. The molecule has 1 fully saturated rings. The van der Waals surface area contributed by atoms with Crippen LogP contribution in [0, 0.1) is 0 Å². The van der Waals surface area contributed by atoms with E-state index in [1.165, 1.54) is 6.20 Å². The molecule has 0 radical (unpaired) electrons. The van der Waals surface area contributed by atoms with Crippen molar-refractivity contribution in [1.29, 1.82) is 0 Å². The van der Waals surface area contributed by atoms with Crippen LogP contribution in [-0.2, 0) is 16.6 Å². The molecule has 3 N–H and O–H groups in total. The molecule has 1 heterocycles. The molecule has 120 valence electrons. The predicted molar refractivity (Wildman–Crippen MR) is 86.8 cm³/mol. The molecular weight excluding hydrogens is 308 g/mol. The molecular formula is C13H24N4O2S2. The number of hydrogen-bond acceptors (Lipinski definition) is 5. The summed E-state index contributed by atoms with van der Waals surface area (Å²) in [6, 6.07) is -0.00567. The first-order chi connectivity index (χ1) is 9.97. The molecule has 0 aliphatic heterocycles. The van der Waals surface area contributed by atoms with E-state index < -0.39 is 10.0 Å². The number of rotatable bonds is 7. The molecule has 1 aromatic rings. The maximum Gasteiger partial charge on any atom is 0.246 e. The van der Waals surface area contributed by atoms with Gasteiger partial charge in [0.2, 0.25) is 10.0 Å². The first kappa shape index (κ1) is 16.6. The van der Waals surface area contributed by atoms with Crippen molar-refractivity contribution in [1.82, 2.24) is 14.5 Å². The van der Waals surface area contributed by atoms with E-state index in [1.54, 1.807) is 4.68 Å². The minimum Gasteiger partial charge on any atom is -0.381 e. The molecule has 6 nitrogen and oxygen atoms in total. The van der Waals surface area contributed by atoms with Gasteiger partial charge in [-0.3, -0.25) is 4.68 Å². The molecule has 1 aliphatic carbocycles. The molecule has 0 bridgehead atoms. The van der Waals surface area contributed by atoms with Crippen LogP contribution in [0.15, 0.2) is 11.1 Å². The Kier molecular flexibility index (Phi) is 5.56. The number of nitrogens with one attached hydrogen (secondary N) is 1. The van der Waals surface area contributed by atoms with Crippen LogP contribution in [0.2, 0.25) is 0 Å². The zero-order valence-corrected chi connectivity index (χ0v) is 14.2. The van der Waals surface area contributed by atoms with E-state index >= 15 is 0 Å². The number of aryl methyl sites for hydroxylation is 1. The van der Waals surface area contributed by atoms with E-state index in [1.807, 2.05) is 18.7 Å².